The van der Waals surface area contributed by atoms with E-state index in [1.165, 1.54) is 29.8 Å². The first kappa shape index (κ1) is 19.9. The third kappa shape index (κ3) is 6.15. The monoisotopic (exact) mass is 361 g/mol. The van der Waals surface area contributed by atoms with Gasteiger partial charge in [-0.25, -0.2) is 0 Å². The van der Waals surface area contributed by atoms with E-state index in [1.54, 1.807) is 12.1 Å². The number of allylic oxidation sites excluding steroid dienone is 1. The molecule has 0 saturated carbocycles. The van der Waals surface area contributed by atoms with Crippen LogP contribution in [0.1, 0.15) is 33.5 Å². The van der Waals surface area contributed by atoms with E-state index in [1.807, 2.05) is 26.2 Å². The molecule has 138 valence electrons. The predicted molar refractivity (Wildman–Crippen MR) is 98.1 cm³/mol. The van der Waals surface area contributed by atoms with Gasteiger partial charge >= 0.3 is 6.18 Å². The highest BCUT2D eigenvalue weighted by atomic mass is 19.4. The second-order valence-electron chi connectivity index (χ2n) is 6.42. The third-order valence-electron chi connectivity index (χ3n) is 3.97. The standard InChI is InChI=1S/C21H22F3NO/c1-25(2)15-3-4-16-5-10-18(11-6-16)20(26)14-9-17-7-12-19(13-8-17)21(22,23)24/h5-14H,3-4,15H2,1-2H3. The number of ketones is 1. The lowest BCUT2D eigenvalue weighted by atomic mass is 10.0. The van der Waals surface area contributed by atoms with Gasteiger partial charge in [0.05, 0.1) is 5.56 Å². The van der Waals surface area contributed by atoms with Crippen LogP contribution in [-0.2, 0) is 12.6 Å². The minimum Gasteiger partial charge on any atom is -0.309 e. The third-order valence-corrected chi connectivity index (χ3v) is 3.97. The Morgan fingerprint density at radius 2 is 1.62 bits per heavy atom. The number of nitrogens with zero attached hydrogens (tertiary/aromatic N) is 1. The maximum absolute atomic E-state index is 12.5. The zero-order valence-electron chi connectivity index (χ0n) is 14.9. The van der Waals surface area contributed by atoms with Gasteiger partial charge < -0.3 is 4.90 Å². The van der Waals surface area contributed by atoms with Crippen LogP contribution in [0.2, 0.25) is 0 Å². The second kappa shape index (κ2) is 8.81. The summed E-state index contributed by atoms with van der Waals surface area (Å²) in [5.74, 6) is -0.176. The number of rotatable bonds is 7. The van der Waals surface area contributed by atoms with E-state index in [9.17, 15) is 18.0 Å². The average molecular weight is 361 g/mol. The van der Waals surface area contributed by atoms with Gasteiger partial charge in [-0.1, -0.05) is 42.5 Å². The van der Waals surface area contributed by atoms with Crippen LogP contribution in [0.25, 0.3) is 6.08 Å². The summed E-state index contributed by atoms with van der Waals surface area (Å²) in [7, 11) is 4.07. The molecule has 0 radical (unpaired) electrons. The molecule has 2 aromatic carbocycles. The lowest BCUT2D eigenvalue weighted by molar-refractivity contribution is -0.137. The van der Waals surface area contributed by atoms with Gasteiger partial charge in [0.15, 0.2) is 5.78 Å². The molecule has 5 heteroatoms. The van der Waals surface area contributed by atoms with E-state index >= 15 is 0 Å². The number of aryl methyl sites for hydroxylation is 1. The molecule has 0 fully saturated rings. The average Bonchev–Trinajstić information content (AvgIpc) is 2.59. The molecule has 0 amide bonds. The zero-order chi connectivity index (χ0) is 19.2. The van der Waals surface area contributed by atoms with Gasteiger partial charge in [-0.15, -0.1) is 0 Å². The lowest BCUT2D eigenvalue weighted by Crippen LogP contribution is -2.13. The highest BCUT2D eigenvalue weighted by molar-refractivity contribution is 6.06. The fraction of sp³-hybridized carbons (Fsp3) is 0.286. The first-order valence-corrected chi connectivity index (χ1v) is 8.39. The first-order valence-electron chi connectivity index (χ1n) is 8.39. The molecule has 2 nitrogen and oxygen atoms in total. The Hall–Kier alpha value is -2.40. The summed E-state index contributed by atoms with van der Waals surface area (Å²) in [6, 6.07) is 12.2. The summed E-state index contributed by atoms with van der Waals surface area (Å²) < 4.78 is 37.6. The van der Waals surface area contributed by atoms with Crippen molar-refractivity contribution in [3.8, 4) is 0 Å². The second-order valence-corrected chi connectivity index (χ2v) is 6.42. The molecule has 0 aliphatic rings. The minimum atomic E-state index is -4.35. The van der Waals surface area contributed by atoms with E-state index in [0.717, 1.165) is 31.5 Å². The van der Waals surface area contributed by atoms with Gasteiger partial charge in [-0.05, 0) is 62.8 Å². The highest BCUT2D eigenvalue weighted by Gasteiger charge is 2.29. The van der Waals surface area contributed by atoms with E-state index < -0.39 is 11.7 Å². The van der Waals surface area contributed by atoms with Crippen LogP contribution >= 0.6 is 0 Å². The van der Waals surface area contributed by atoms with Gasteiger partial charge in [0, 0.05) is 5.56 Å². The van der Waals surface area contributed by atoms with Crippen LogP contribution in [0.5, 0.6) is 0 Å². The number of benzene rings is 2. The molecule has 0 N–H and O–H groups in total. The van der Waals surface area contributed by atoms with Gasteiger partial charge in [0.25, 0.3) is 0 Å². The van der Waals surface area contributed by atoms with Crippen molar-refractivity contribution in [1.82, 2.24) is 4.90 Å². The molecule has 0 aliphatic heterocycles. The summed E-state index contributed by atoms with van der Waals surface area (Å²) in [5, 5.41) is 0. The summed E-state index contributed by atoms with van der Waals surface area (Å²) >= 11 is 0. The molecular weight excluding hydrogens is 339 g/mol. The lowest BCUT2D eigenvalue weighted by Gasteiger charge is -2.09. The molecule has 0 aliphatic carbocycles. The van der Waals surface area contributed by atoms with Gasteiger partial charge in [0.2, 0.25) is 0 Å². The van der Waals surface area contributed by atoms with Crippen molar-refractivity contribution in [3.63, 3.8) is 0 Å². The molecule has 0 bridgehead atoms. The topological polar surface area (TPSA) is 20.3 Å². The number of halogens is 3. The van der Waals surface area contributed by atoms with Crippen LogP contribution in [0.3, 0.4) is 0 Å². The maximum atomic E-state index is 12.5. The predicted octanol–water partition coefficient (Wildman–Crippen LogP) is 5.10. The molecule has 2 rings (SSSR count). The van der Waals surface area contributed by atoms with Crippen LogP contribution in [0.15, 0.2) is 54.6 Å². The van der Waals surface area contributed by atoms with Crippen molar-refractivity contribution in [2.24, 2.45) is 0 Å². The molecule has 26 heavy (non-hydrogen) atoms. The smallest absolute Gasteiger partial charge is 0.309 e. The Labute approximate surface area is 152 Å². The molecular formula is C21H22F3NO. The van der Waals surface area contributed by atoms with Crippen molar-refractivity contribution in [1.29, 1.82) is 0 Å². The number of hydrogen-bond acceptors (Lipinski definition) is 2. The zero-order valence-corrected chi connectivity index (χ0v) is 14.9. The Balaban J connectivity index is 1.95. The molecule has 0 saturated heterocycles. The van der Waals surface area contributed by atoms with Crippen molar-refractivity contribution >= 4 is 11.9 Å². The van der Waals surface area contributed by atoms with Crippen LogP contribution in [0, 0.1) is 0 Å². The molecule has 0 aromatic heterocycles. The number of carbonyl (C=O) groups is 1. The van der Waals surface area contributed by atoms with Crippen molar-refractivity contribution in [2.45, 2.75) is 19.0 Å². The van der Waals surface area contributed by atoms with Crippen LogP contribution in [-0.4, -0.2) is 31.3 Å². The molecule has 0 heterocycles. The number of hydrogen-bond donors (Lipinski definition) is 0. The Bertz CT molecular complexity index is 744. The highest BCUT2D eigenvalue weighted by Crippen LogP contribution is 2.29. The van der Waals surface area contributed by atoms with Gasteiger partial charge in [-0.2, -0.15) is 13.2 Å². The molecule has 2 aromatic rings. The number of carbonyl (C=O) groups excluding carboxylic acids is 1. The van der Waals surface area contributed by atoms with Gasteiger partial charge in [0.1, 0.15) is 0 Å². The summed E-state index contributed by atoms with van der Waals surface area (Å²) in [6.07, 6.45) is 0.547. The quantitative estimate of drug-likeness (QED) is 0.505. The van der Waals surface area contributed by atoms with Crippen molar-refractivity contribution < 1.29 is 18.0 Å². The Morgan fingerprint density at radius 1 is 1.00 bits per heavy atom. The Morgan fingerprint density at radius 3 is 2.15 bits per heavy atom. The number of alkyl halides is 3. The first-order chi connectivity index (χ1) is 12.3. The fourth-order valence-corrected chi connectivity index (χ4v) is 2.49. The summed E-state index contributed by atoms with van der Waals surface area (Å²) in [4.78, 5) is 14.3. The normalized spacial score (nSPS) is 12.1. The Kier molecular flexibility index (Phi) is 6.75. The molecule has 0 unspecified atom stereocenters. The van der Waals surface area contributed by atoms with E-state index in [2.05, 4.69) is 4.90 Å². The maximum Gasteiger partial charge on any atom is 0.416 e. The summed E-state index contributed by atoms with van der Waals surface area (Å²) in [5.41, 5.74) is 1.58. The van der Waals surface area contributed by atoms with E-state index in [4.69, 9.17) is 0 Å². The van der Waals surface area contributed by atoms with Crippen molar-refractivity contribution in [3.05, 3.63) is 76.9 Å². The van der Waals surface area contributed by atoms with E-state index in [-0.39, 0.29) is 5.78 Å². The fourth-order valence-electron chi connectivity index (χ4n) is 2.49. The minimum absolute atomic E-state index is 0.176. The SMILES string of the molecule is CN(C)CCCc1ccc(C(=O)C=Cc2ccc(C(F)(F)F)cc2)cc1. The van der Waals surface area contributed by atoms with Crippen LogP contribution < -0.4 is 0 Å². The van der Waals surface area contributed by atoms with Gasteiger partial charge in [-0.3, -0.25) is 4.79 Å². The van der Waals surface area contributed by atoms with Crippen molar-refractivity contribution in [2.75, 3.05) is 20.6 Å². The summed E-state index contributed by atoms with van der Waals surface area (Å²) in [6.45, 7) is 1.01. The molecule has 0 spiro atoms. The van der Waals surface area contributed by atoms with Crippen LogP contribution in [0.4, 0.5) is 13.2 Å². The molecule has 0 atom stereocenters. The largest absolute Gasteiger partial charge is 0.416 e. The van der Waals surface area contributed by atoms with E-state index in [0.29, 0.717) is 11.1 Å².